The highest BCUT2D eigenvalue weighted by atomic mass is 32.1. The molecule has 0 saturated heterocycles. The van der Waals surface area contributed by atoms with E-state index in [1.165, 1.54) is 11.1 Å². The Morgan fingerprint density at radius 1 is 0.842 bits per heavy atom. The third-order valence-electron chi connectivity index (χ3n) is 3.00. The normalized spacial score (nSPS) is 10.4. The number of hydrogen-bond donors (Lipinski definition) is 1. The Hall–Kier alpha value is -2.13. The van der Waals surface area contributed by atoms with Gasteiger partial charge in [0, 0.05) is 18.0 Å². The summed E-state index contributed by atoms with van der Waals surface area (Å²) in [6.45, 7) is 0. The zero-order chi connectivity index (χ0) is 13.1. The van der Waals surface area contributed by atoms with E-state index in [0.717, 1.165) is 16.4 Å². The molecule has 0 aliphatic rings. The number of nitrogens with zero attached hydrogens (tertiary/aromatic N) is 1. The molecule has 0 bridgehead atoms. The topological polar surface area (TPSA) is 24.9 Å². The zero-order valence-electron chi connectivity index (χ0n) is 10.6. The van der Waals surface area contributed by atoms with Crippen molar-refractivity contribution >= 4 is 17.2 Å². The van der Waals surface area contributed by atoms with Crippen LogP contribution in [0.1, 0.15) is 0 Å². The molecule has 0 saturated carbocycles. The maximum absolute atomic E-state index is 4.51. The molecule has 1 heterocycles. The third-order valence-corrected chi connectivity index (χ3v) is 3.89. The van der Waals surface area contributed by atoms with E-state index in [1.807, 2.05) is 18.5 Å². The van der Waals surface area contributed by atoms with Gasteiger partial charge in [0.2, 0.25) is 0 Å². The SMILES string of the molecule is CNc1csc(-c2ccc(-c3ccccc3)cc2)n1. The Morgan fingerprint density at radius 3 is 2.11 bits per heavy atom. The minimum absolute atomic E-state index is 0.923. The molecule has 0 aliphatic carbocycles. The van der Waals surface area contributed by atoms with Crippen molar-refractivity contribution in [3.63, 3.8) is 0 Å². The molecule has 3 heteroatoms. The van der Waals surface area contributed by atoms with Crippen molar-refractivity contribution in [2.75, 3.05) is 12.4 Å². The maximum Gasteiger partial charge on any atom is 0.137 e. The number of anilines is 1. The number of thiazole rings is 1. The Kier molecular flexibility index (Phi) is 3.29. The Bertz CT molecular complexity index is 657. The number of hydrogen-bond acceptors (Lipinski definition) is 3. The van der Waals surface area contributed by atoms with Crippen LogP contribution < -0.4 is 5.32 Å². The molecule has 1 N–H and O–H groups in total. The van der Waals surface area contributed by atoms with Gasteiger partial charge < -0.3 is 5.32 Å². The van der Waals surface area contributed by atoms with Crippen LogP contribution in [-0.2, 0) is 0 Å². The zero-order valence-corrected chi connectivity index (χ0v) is 11.4. The van der Waals surface area contributed by atoms with Crippen molar-refractivity contribution < 1.29 is 0 Å². The number of rotatable bonds is 3. The highest BCUT2D eigenvalue weighted by Gasteiger charge is 2.04. The van der Waals surface area contributed by atoms with Gasteiger partial charge in [-0.2, -0.15) is 0 Å². The van der Waals surface area contributed by atoms with Crippen molar-refractivity contribution in [2.45, 2.75) is 0 Å². The molecule has 3 aromatic rings. The first-order valence-corrected chi connectivity index (χ1v) is 7.04. The predicted octanol–water partition coefficient (Wildman–Crippen LogP) is 4.52. The van der Waals surface area contributed by atoms with Gasteiger partial charge in [0.25, 0.3) is 0 Å². The molecule has 0 spiro atoms. The molecule has 0 amide bonds. The fourth-order valence-corrected chi connectivity index (χ4v) is 2.77. The van der Waals surface area contributed by atoms with Crippen LogP contribution >= 0.6 is 11.3 Å². The third kappa shape index (κ3) is 2.51. The molecule has 1 aromatic heterocycles. The molecule has 2 aromatic carbocycles. The molecule has 0 unspecified atom stereocenters. The molecule has 0 radical (unpaired) electrons. The summed E-state index contributed by atoms with van der Waals surface area (Å²) in [6, 6.07) is 18.9. The van der Waals surface area contributed by atoms with Crippen LogP contribution in [-0.4, -0.2) is 12.0 Å². The van der Waals surface area contributed by atoms with Crippen LogP contribution in [0.25, 0.3) is 21.7 Å². The maximum atomic E-state index is 4.51. The summed E-state index contributed by atoms with van der Waals surface area (Å²) in [7, 11) is 1.89. The number of benzene rings is 2. The Labute approximate surface area is 116 Å². The quantitative estimate of drug-likeness (QED) is 0.754. The van der Waals surface area contributed by atoms with Crippen LogP contribution in [0, 0.1) is 0 Å². The molecule has 19 heavy (non-hydrogen) atoms. The second-order valence-electron chi connectivity index (χ2n) is 4.23. The van der Waals surface area contributed by atoms with E-state index in [-0.39, 0.29) is 0 Å². The van der Waals surface area contributed by atoms with Crippen LogP contribution in [0.2, 0.25) is 0 Å². The molecular weight excluding hydrogens is 252 g/mol. The first-order chi connectivity index (χ1) is 9.36. The standard InChI is InChI=1S/C16H14N2S/c1-17-15-11-19-16(18-15)14-9-7-13(8-10-14)12-5-3-2-4-6-12/h2-11,17H,1H3. The summed E-state index contributed by atoms with van der Waals surface area (Å²) in [5.74, 6) is 0.923. The lowest BCUT2D eigenvalue weighted by molar-refractivity contribution is 1.35. The van der Waals surface area contributed by atoms with Crippen LogP contribution in [0.3, 0.4) is 0 Å². The fraction of sp³-hybridized carbons (Fsp3) is 0.0625. The van der Waals surface area contributed by atoms with Gasteiger partial charge in [-0.3, -0.25) is 0 Å². The van der Waals surface area contributed by atoms with Gasteiger partial charge >= 0.3 is 0 Å². The van der Waals surface area contributed by atoms with E-state index in [4.69, 9.17) is 0 Å². The van der Waals surface area contributed by atoms with Crippen molar-refractivity contribution in [3.05, 3.63) is 60.0 Å². The second kappa shape index (κ2) is 5.24. The highest BCUT2D eigenvalue weighted by molar-refractivity contribution is 7.13. The molecular formula is C16H14N2S. The Balaban J connectivity index is 1.90. The van der Waals surface area contributed by atoms with E-state index >= 15 is 0 Å². The van der Waals surface area contributed by atoms with Gasteiger partial charge in [-0.05, 0) is 11.1 Å². The van der Waals surface area contributed by atoms with Crippen molar-refractivity contribution in [1.82, 2.24) is 4.98 Å². The van der Waals surface area contributed by atoms with E-state index in [9.17, 15) is 0 Å². The monoisotopic (exact) mass is 266 g/mol. The lowest BCUT2D eigenvalue weighted by Gasteiger charge is -2.02. The average Bonchev–Trinajstić information content (AvgIpc) is 2.97. The van der Waals surface area contributed by atoms with E-state index < -0.39 is 0 Å². The predicted molar refractivity (Wildman–Crippen MR) is 82.5 cm³/mol. The first kappa shape index (κ1) is 11.9. The molecule has 0 atom stereocenters. The number of aromatic nitrogens is 1. The van der Waals surface area contributed by atoms with Crippen molar-refractivity contribution in [1.29, 1.82) is 0 Å². The van der Waals surface area contributed by atoms with Gasteiger partial charge in [0.05, 0.1) is 0 Å². The molecule has 3 rings (SSSR count). The Morgan fingerprint density at radius 2 is 1.47 bits per heavy atom. The lowest BCUT2D eigenvalue weighted by atomic mass is 10.0. The van der Waals surface area contributed by atoms with Gasteiger partial charge in [-0.1, -0.05) is 54.6 Å². The van der Waals surface area contributed by atoms with Crippen molar-refractivity contribution in [3.8, 4) is 21.7 Å². The van der Waals surface area contributed by atoms with E-state index in [2.05, 4.69) is 58.8 Å². The lowest BCUT2D eigenvalue weighted by Crippen LogP contribution is -1.86. The highest BCUT2D eigenvalue weighted by Crippen LogP contribution is 2.28. The van der Waals surface area contributed by atoms with Gasteiger partial charge in [-0.15, -0.1) is 11.3 Å². The molecule has 0 fully saturated rings. The second-order valence-corrected chi connectivity index (χ2v) is 5.09. The summed E-state index contributed by atoms with van der Waals surface area (Å²) >= 11 is 1.66. The molecule has 0 aliphatic heterocycles. The summed E-state index contributed by atoms with van der Waals surface area (Å²) in [6.07, 6.45) is 0. The molecule has 94 valence electrons. The minimum Gasteiger partial charge on any atom is -0.372 e. The summed E-state index contributed by atoms with van der Waals surface area (Å²) in [4.78, 5) is 4.51. The summed E-state index contributed by atoms with van der Waals surface area (Å²) < 4.78 is 0. The average molecular weight is 266 g/mol. The molecule has 2 nitrogen and oxygen atoms in total. The summed E-state index contributed by atoms with van der Waals surface area (Å²) in [5, 5.41) is 6.13. The minimum atomic E-state index is 0.923. The smallest absolute Gasteiger partial charge is 0.137 e. The van der Waals surface area contributed by atoms with Gasteiger partial charge in [0.15, 0.2) is 0 Å². The van der Waals surface area contributed by atoms with Crippen LogP contribution in [0.5, 0.6) is 0 Å². The van der Waals surface area contributed by atoms with Gasteiger partial charge in [0.1, 0.15) is 10.8 Å². The van der Waals surface area contributed by atoms with Crippen LogP contribution in [0.4, 0.5) is 5.82 Å². The van der Waals surface area contributed by atoms with Gasteiger partial charge in [-0.25, -0.2) is 4.98 Å². The van der Waals surface area contributed by atoms with E-state index in [0.29, 0.717) is 0 Å². The van der Waals surface area contributed by atoms with E-state index in [1.54, 1.807) is 11.3 Å². The van der Waals surface area contributed by atoms with Crippen LogP contribution in [0.15, 0.2) is 60.0 Å². The summed E-state index contributed by atoms with van der Waals surface area (Å²) in [5.41, 5.74) is 3.63. The number of nitrogens with one attached hydrogen (secondary N) is 1. The fourth-order valence-electron chi connectivity index (χ4n) is 1.96. The largest absolute Gasteiger partial charge is 0.372 e. The first-order valence-electron chi connectivity index (χ1n) is 6.16. The van der Waals surface area contributed by atoms with Crippen molar-refractivity contribution in [2.24, 2.45) is 0 Å².